The van der Waals surface area contributed by atoms with Crippen LogP contribution in [0, 0.1) is 12.7 Å². The summed E-state index contributed by atoms with van der Waals surface area (Å²) in [5, 5.41) is 5.56. The summed E-state index contributed by atoms with van der Waals surface area (Å²) in [5.41, 5.74) is 2.33. The van der Waals surface area contributed by atoms with Crippen LogP contribution in [-0.2, 0) is 11.3 Å². The van der Waals surface area contributed by atoms with Crippen molar-refractivity contribution in [2.45, 2.75) is 19.5 Å². The average molecular weight is 376 g/mol. The fourth-order valence-electron chi connectivity index (χ4n) is 2.79. The molecule has 142 valence electrons. The molecule has 0 fully saturated rings. The highest BCUT2D eigenvalue weighted by molar-refractivity contribution is 5.97. The number of carbonyl (C=O) groups is 2. The molecule has 28 heavy (non-hydrogen) atoms. The highest BCUT2D eigenvalue weighted by Gasteiger charge is 2.23. The second-order valence-corrected chi connectivity index (χ2v) is 6.48. The van der Waals surface area contributed by atoms with Crippen LogP contribution >= 0.6 is 0 Å². The Bertz CT molecular complexity index is 959. The standard InChI is InChI=1S/C23H21FN2O2/c1-16-12-13-17(14-20(16)24)15-25-23(28)21(18-8-4-2-5-9-18)26-22(27)19-10-6-3-7-11-19/h2-14,21H,15H2,1H3,(H,25,28)(H,26,27)/t21-/m1/s1. The van der Waals surface area contributed by atoms with Crippen molar-refractivity contribution in [1.82, 2.24) is 10.6 Å². The van der Waals surface area contributed by atoms with Crippen LogP contribution in [0.1, 0.15) is 33.1 Å². The molecule has 0 aliphatic carbocycles. The Kier molecular flexibility index (Phi) is 6.17. The van der Waals surface area contributed by atoms with E-state index in [2.05, 4.69) is 10.6 Å². The van der Waals surface area contributed by atoms with Crippen LogP contribution in [0.2, 0.25) is 0 Å². The number of aryl methyl sites for hydroxylation is 1. The minimum Gasteiger partial charge on any atom is -0.350 e. The summed E-state index contributed by atoms with van der Waals surface area (Å²) in [6, 6.07) is 21.7. The first kappa shape index (κ1) is 19.3. The number of nitrogens with one attached hydrogen (secondary N) is 2. The molecule has 3 rings (SSSR count). The van der Waals surface area contributed by atoms with Crippen molar-refractivity contribution in [2.24, 2.45) is 0 Å². The Morgan fingerprint density at radius 3 is 2.21 bits per heavy atom. The molecular formula is C23H21FN2O2. The SMILES string of the molecule is Cc1ccc(CNC(=O)[C@H](NC(=O)c2ccccc2)c2ccccc2)cc1F. The Hall–Kier alpha value is -3.47. The maximum atomic E-state index is 13.7. The number of carbonyl (C=O) groups excluding carboxylic acids is 2. The quantitative estimate of drug-likeness (QED) is 0.685. The minimum absolute atomic E-state index is 0.167. The molecule has 0 spiro atoms. The van der Waals surface area contributed by atoms with Crippen molar-refractivity contribution < 1.29 is 14.0 Å². The van der Waals surface area contributed by atoms with Gasteiger partial charge in [-0.3, -0.25) is 9.59 Å². The van der Waals surface area contributed by atoms with Crippen LogP contribution in [0.15, 0.2) is 78.9 Å². The van der Waals surface area contributed by atoms with E-state index in [1.54, 1.807) is 67.6 Å². The third-order valence-electron chi connectivity index (χ3n) is 4.41. The molecule has 1 atom stereocenters. The highest BCUT2D eigenvalue weighted by Crippen LogP contribution is 2.15. The van der Waals surface area contributed by atoms with Gasteiger partial charge < -0.3 is 10.6 Å². The van der Waals surface area contributed by atoms with Gasteiger partial charge in [0, 0.05) is 12.1 Å². The lowest BCUT2D eigenvalue weighted by Gasteiger charge is -2.19. The summed E-state index contributed by atoms with van der Waals surface area (Å²) in [6.07, 6.45) is 0. The van der Waals surface area contributed by atoms with Gasteiger partial charge in [-0.25, -0.2) is 4.39 Å². The Morgan fingerprint density at radius 1 is 0.929 bits per heavy atom. The molecular weight excluding hydrogens is 355 g/mol. The second-order valence-electron chi connectivity index (χ2n) is 6.48. The third kappa shape index (κ3) is 4.82. The van der Waals surface area contributed by atoms with Crippen molar-refractivity contribution >= 4 is 11.8 Å². The van der Waals surface area contributed by atoms with Gasteiger partial charge >= 0.3 is 0 Å². The topological polar surface area (TPSA) is 58.2 Å². The Balaban J connectivity index is 1.75. The van der Waals surface area contributed by atoms with Crippen LogP contribution in [0.25, 0.3) is 0 Å². The van der Waals surface area contributed by atoms with Crippen molar-refractivity contribution in [3.05, 3.63) is 107 Å². The first-order chi connectivity index (χ1) is 13.5. The number of rotatable bonds is 6. The molecule has 0 heterocycles. The zero-order chi connectivity index (χ0) is 19.9. The fraction of sp³-hybridized carbons (Fsp3) is 0.130. The summed E-state index contributed by atoms with van der Waals surface area (Å²) < 4.78 is 13.7. The Labute approximate surface area is 163 Å². The van der Waals surface area contributed by atoms with Crippen LogP contribution in [-0.4, -0.2) is 11.8 Å². The van der Waals surface area contributed by atoms with Crippen molar-refractivity contribution in [2.75, 3.05) is 0 Å². The Morgan fingerprint density at radius 2 is 1.57 bits per heavy atom. The van der Waals surface area contributed by atoms with Gasteiger partial charge in [0.25, 0.3) is 5.91 Å². The van der Waals surface area contributed by atoms with E-state index >= 15 is 0 Å². The van der Waals surface area contributed by atoms with Gasteiger partial charge in [0.2, 0.25) is 5.91 Å². The zero-order valence-corrected chi connectivity index (χ0v) is 15.5. The molecule has 0 radical (unpaired) electrons. The largest absolute Gasteiger partial charge is 0.350 e. The monoisotopic (exact) mass is 376 g/mol. The number of halogens is 1. The van der Waals surface area contributed by atoms with Crippen molar-refractivity contribution in [3.63, 3.8) is 0 Å². The van der Waals surface area contributed by atoms with Crippen LogP contribution in [0.4, 0.5) is 4.39 Å². The fourth-order valence-corrected chi connectivity index (χ4v) is 2.79. The molecule has 0 aliphatic rings. The van der Waals surface area contributed by atoms with E-state index < -0.39 is 6.04 Å². The first-order valence-electron chi connectivity index (χ1n) is 8.98. The first-order valence-corrected chi connectivity index (χ1v) is 8.98. The number of benzene rings is 3. The molecule has 0 aromatic heterocycles. The normalized spacial score (nSPS) is 11.5. The van der Waals surface area contributed by atoms with Gasteiger partial charge in [0.15, 0.2) is 0 Å². The van der Waals surface area contributed by atoms with E-state index in [4.69, 9.17) is 0 Å². The van der Waals surface area contributed by atoms with Crippen LogP contribution in [0.3, 0.4) is 0 Å². The average Bonchev–Trinajstić information content (AvgIpc) is 2.73. The van der Waals surface area contributed by atoms with Crippen LogP contribution < -0.4 is 10.6 Å². The molecule has 2 N–H and O–H groups in total. The summed E-state index contributed by atoms with van der Waals surface area (Å²) in [6.45, 7) is 1.85. The maximum Gasteiger partial charge on any atom is 0.252 e. The van der Waals surface area contributed by atoms with Gasteiger partial charge in [0.05, 0.1) is 0 Å². The molecule has 2 amide bonds. The second kappa shape index (κ2) is 8.95. The minimum atomic E-state index is -0.857. The van der Waals surface area contributed by atoms with Gasteiger partial charge in [-0.2, -0.15) is 0 Å². The predicted molar refractivity (Wildman–Crippen MR) is 106 cm³/mol. The van der Waals surface area contributed by atoms with Gasteiger partial charge in [-0.15, -0.1) is 0 Å². The smallest absolute Gasteiger partial charge is 0.252 e. The van der Waals surface area contributed by atoms with E-state index in [9.17, 15) is 14.0 Å². The maximum absolute atomic E-state index is 13.7. The molecule has 0 saturated heterocycles. The van der Waals surface area contributed by atoms with Crippen molar-refractivity contribution in [3.8, 4) is 0 Å². The molecule has 0 bridgehead atoms. The third-order valence-corrected chi connectivity index (χ3v) is 4.41. The van der Waals surface area contributed by atoms with E-state index in [0.29, 0.717) is 22.3 Å². The summed E-state index contributed by atoms with van der Waals surface area (Å²) in [5.74, 6) is -1.02. The number of hydrogen-bond donors (Lipinski definition) is 2. The molecule has 0 aliphatic heterocycles. The molecule has 4 nitrogen and oxygen atoms in total. The van der Waals surface area contributed by atoms with Gasteiger partial charge in [-0.05, 0) is 41.8 Å². The van der Waals surface area contributed by atoms with Crippen LogP contribution in [0.5, 0.6) is 0 Å². The van der Waals surface area contributed by atoms with Gasteiger partial charge in [0.1, 0.15) is 11.9 Å². The summed E-state index contributed by atoms with van der Waals surface area (Å²) in [4.78, 5) is 25.4. The zero-order valence-electron chi connectivity index (χ0n) is 15.5. The molecule has 3 aromatic carbocycles. The predicted octanol–water partition coefficient (Wildman–Crippen LogP) is 3.92. The lowest BCUT2D eigenvalue weighted by Crippen LogP contribution is -2.40. The van der Waals surface area contributed by atoms with Gasteiger partial charge in [-0.1, -0.05) is 60.7 Å². The molecule has 5 heteroatoms. The number of hydrogen-bond acceptors (Lipinski definition) is 2. The number of amides is 2. The van der Waals surface area contributed by atoms with Crippen molar-refractivity contribution in [1.29, 1.82) is 0 Å². The molecule has 3 aromatic rings. The summed E-state index contributed by atoms with van der Waals surface area (Å²) in [7, 11) is 0. The van der Waals surface area contributed by atoms with E-state index in [1.807, 2.05) is 12.1 Å². The lowest BCUT2D eigenvalue weighted by atomic mass is 10.0. The molecule has 0 saturated carbocycles. The highest BCUT2D eigenvalue weighted by atomic mass is 19.1. The lowest BCUT2D eigenvalue weighted by molar-refractivity contribution is -0.123. The van der Waals surface area contributed by atoms with E-state index in [1.165, 1.54) is 6.07 Å². The van der Waals surface area contributed by atoms with E-state index in [0.717, 1.165) is 0 Å². The van der Waals surface area contributed by atoms with E-state index in [-0.39, 0.29) is 24.2 Å². The summed E-state index contributed by atoms with van der Waals surface area (Å²) >= 11 is 0. The molecule has 0 unspecified atom stereocenters.